The van der Waals surface area contributed by atoms with E-state index in [9.17, 15) is 9.59 Å². The number of hydrogen-bond acceptors (Lipinski definition) is 5. The van der Waals surface area contributed by atoms with Crippen LogP contribution in [0.1, 0.15) is 47.3 Å². The Morgan fingerprint density at radius 2 is 1.88 bits per heavy atom. The Balaban J connectivity index is 1.17. The van der Waals surface area contributed by atoms with E-state index in [-0.39, 0.29) is 24.6 Å². The summed E-state index contributed by atoms with van der Waals surface area (Å²) in [6, 6.07) is 11.8. The number of hydrogen-bond donors (Lipinski definition) is 1. The van der Waals surface area contributed by atoms with Gasteiger partial charge < -0.3 is 15.0 Å². The first-order chi connectivity index (χ1) is 15.5. The summed E-state index contributed by atoms with van der Waals surface area (Å²) in [7, 11) is 0. The standard InChI is InChI=1S/C24H28ClN3O3S/c25-21-9-8-20(32-21)22(29)26-14-19-15-28(23(30)31-19)18-6-4-17(5-7-18)24(10-11-24)16-27-12-2-1-3-13-27/h4-9,19H,1-3,10-16H2,(H,26,29). The monoisotopic (exact) mass is 473 g/mol. The Labute approximate surface area is 197 Å². The minimum atomic E-state index is -0.379. The van der Waals surface area contributed by atoms with Crippen LogP contribution in [0.4, 0.5) is 10.5 Å². The third kappa shape index (κ3) is 4.65. The molecule has 6 nitrogen and oxygen atoms in total. The summed E-state index contributed by atoms with van der Waals surface area (Å²) in [5, 5.41) is 2.83. The van der Waals surface area contributed by atoms with Crippen molar-refractivity contribution in [2.75, 3.05) is 37.6 Å². The van der Waals surface area contributed by atoms with E-state index >= 15 is 0 Å². The quantitative estimate of drug-likeness (QED) is 0.634. The highest BCUT2D eigenvalue weighted by Crippen LogP contribution is 2.49. The molecule has 8 heteroatoms. The molecule has 3 aliphatic rings. The average Bonchev–Trinajstić information content (AvgIpc) is 3.29. The molecule has 2 amide bonds. The number of cyclic esters (lactones) is 1. The van der Waals surface area contributed by atoms with Gasteiger partial charge in [0.25, 0.3) is 5.91 Å². The largest absolute Gasteiger partial charge is 0.442 e. The maximum absolute atomic E-state index is 12.4. The summed E-state index contributed by atoms with van der Waals surface area (Å²) in [4.78, 5) is 29.4. The fourth-order valence-corrected chi connectivity index (χ4v) is 5.76. The number of anilines is 1. The van der Waals surface area contributed by atoms with Crippen molar-refractivity contribution in [1.82, 2.24) is 10.2 Å². The van der Waals surface area contributed by atoms with Gasteiger partial charge in [-0.05, 0) is 68.6 Å². The lowest BCUT2D eigenvalue weighted by Crippen LogP contribution is -2.36. The van der Waals surface area contributed by atoms with Gasteiger partial charge in [-0.2, -0.15) is 0 Å². The Bertz CT molecular complexity index is 983. The van der Waals surface area contributed by atoms with Crippen LogP contribution in [-0.2, 0) is 10.2 Å². The van der Waals surface area contributed by atoms with E-state index in [1.807, 2.05) is 12.1 Å². The van der Waals surface area contributed by atoms with E-state index in [0.29, 0.717) is 21.2 Å². The molecule has 32 heavy (non-hydrogen) atoms. The average molecular weight is 474 g/mol. The van der Waals surface area contributed by atoms with Crippen LogP contribution in [0.25, 0.3) is 0 Å². The first kappa shape index (κ1) is 21.7. The molecule has 0 radical (unpaired) electrons. The van der Waals surface area contributed by atoms with E-state index in [2.05, 4.69) is 22.3 Å². The maximum Gasteiger partial charge on any atom is 0.414 e. The molecule has 1 unspecified atom stereocenters. The van der Waals surface area contributed by atoms with Gasteiger partial charge in [0.1, 0.15) is 6.10 Å². The zero-order valence-electron chi connectivity index (χ0n) is 18.0. The minimum absolute atomic E-state index is 0.204. The van der Waals surface area contributed by atoms with Gasteiger partial charge in [0.2, 0.25) is 0 Å². The fraction of sp³-hybridized carbons (Fsp3) is 0.500. The zero-order chi connectivity index (χ0) is 22.1. The van der Waals surface area contributed by atoms with Crippen molar-refractivity contribution in [3.8, 4) is 0 Å². The lowest BCUT2D eigenvalue weighted by Gasteiger charge is -2.31. The Kier molecular flexibility index (Phi) is 6.14. The van der Waals surface area contributed by atoms with Gasteiger partial charge in [-0.15, -0.1) is 11.3 Å². The van der Waals surface area contributed by atoms with Crippen LogP contribution in [-0.4, -0.2) is 55.7 Å². The number of benzene rings is 1. The van der Waals surface area contributed by atoms with Gasteiger partial charge in [-0.1, -0.05) is 30.2 Å². The maximum atomic E-state index is 12.4. The second-order valence-corrected chi connectivity index (χ2v) is 10.8. The molecule has 1 aromatic carbocycles. The smallest absolute Gasteiger partial charge is 0.414 e. The molecule has 2 saturated heterocycles. The van der Waals surface area contributed by atoms with E-state index in [1.165, 1.54) is 62.1 Å². The predicted molar refractivity (Wildman–Crippen MR) is 127 cm³/mol. The Morgan fingerprint density at radius 1 is 1.12 bits per heavy atom. The van der Waals surface area contributed by atoms with Crippen molar-refractivity contribution >= 4 is 40.6 Å². The van der Waals surface area contributed by atoms with Gasteiger partial charge >= 0.3 is 6.09 Å². The summed E-state index contributed by atoms with van der Waals surface area (Å²) in [6.45, 7) is 4.28. The van der Waals surface area contributed by atoms with Crippen LogP contribution in [0, 0.1) is 0 Å². The lowest BCUT2D eigenvalue weighted by molar-refractivity contribution is 0.0920. The predicted octanol–water partition coefficient (Wildman–Crippen LogP) is 4.67. The summed E-state index contributed by atoms with van der Waals surface area (Å²) in [5.74, 6) is -0.204. The topological polar surface area (TPSA) is 61.9 Å². The number of nitrogens with zero attached hydrogens (tertiary/aromatic N) is 2. The molecule has 3 fully saturated rings. The molecule has 1 aliphatic carbocycles. The first-order valence-electron chi connectivity index (χ1n) is 11.4. The van der Waals surface area contributed by atoms with Crippen molar-refractivity contribution in [1.29, 1.82) is 0 Å². The molecular weight excluding hydrogens is 446 g/mol. The van der Waals surface area contributed by atoms with Crippen molar-refractivity contribution in [3.05, 3.63) is 51.2 Å². The number of amides is 2. The highest BCUT2D eigenvalue weighted by Gasteiger charge is 2.45. The van der Waals surface area contributed by atoms with E-state index in [1.54, 1.807) is 17.0 Å². The summed E-state index contributed by atoms with van der Waals surface area (Å²) in [6.07, 6.45) is 5.72. The van der Waals surface area contributed by atoms with Crippen LogP contribution in [0.2, 0.25) is 4.34 Å². The highest BCUT2D eigenvalue weighted by molar-refractivity contribution is 7.18. The van der Waals surface area contributed by atoms with Gasteiger partial charge in [-0.25, -0.2) is 4.79 Å². The number of carbonyl (C=O) groups excluding carboxylic acids is 2. The van der Waals surface area contributed by atoms with Crippen LogP contribution in [0.5, 0.6) is 0 Å². The second kappa shape index (κ2) is 9.04. The van der Waals surface area contributed by atoms with Gasteiger partial charge in [0.15, 0.2) is 0 Å². The third-order valence-corrected chi connectivity index (χ3v) is 8.01. The normalized spacial score (nSPS) is 22.6. The SMILES string of the molecule is O=C(NCC1CN(c2ccc(C3(CN4CCCCC4)CC3)cc2)C(=O)O1)c1ccc(Cl)s1. The number of halogens is 1. The molecule has 1 saturated carbocycles. The van der Waals surface area contributed by atoms with E-state index < -0.39 is 0 Å². The summed E-state index contributed by atoms with van der Waals surface area (Å²) in [5.41, 5.74) is 2.50. The van der Waals surface area contributed by atoms with Crippen LogP contribution < -0.4 is 10.2 Å². The Morgan fingerprint density at radius 3 is 2.53 bits per heavy atom. The number of piperidine rings is 1. The molecule has 1 N–H and O–H groups in total. The second-order valence-electron chi connectivity index (χ2n) is 9.09. The highest BCUT2D eigenvalue weighted by atomic mass is 35.5. The number of likely N-dealkylation sites (tertiary alicyclic amines) is 1. The number of carbonyl (C=O) groups is 2. The molecule has 2 aromatic rings. The molecule has 170 valence electrons. The van der Waals surface area contributed by atoms with Crippen molar-refractivity contribution < 1.29 is 14.3 Å². The molecule has 1 atom stereocenters. The van der Waals surface area contributed by atoms with Crippen molar-refractivity contribution in [3.63, 3.8) is 0 Å². The minimum Gasteiger partial charge on any atom is -0.442 e. The molecule has 0 bridgehead atoms. The van der Waals surface area contributed by atoms with Crippen molar-refractivity contribution in [2.24, 2.45) is 0 Å². The van der Waals surface area contributed by atoms with Crippen LogP contribution in [0.15, 0.2) is 36.4 Å². The molecule has 1 aromatic heterocycles. The molecule has 5 rings (SSSR count). The fourth-order valence-electron chi connectivity index (χ4n) is 4.80. The molecule has 3 heterocycles. The van der Waals surface area contributed by atoms with Gasteiger partial charge in [-0.3, -0.25) is 9.69 Å². The number of ether oxygens (including phenoxy) is 1. The lowest BCUT2D eigenvalue weighted by atomic mass is 9.94. The van der Waals surface area contributed by atoms with Gasteiger partial charge in [0.05, 0.1) is 22.3 Å². The zero-order valence-corrected chi connectivity index (χ0v) is 19.6. The first-order valence-corrected chi connectivity index (χ1v) is 12.6. The summed E-state index contributed by atoms with van der Waals surface area (Å²) >= 11 is 7.12. The summed E-state index contributed by atoms with van der Waals surface area (Å²) < 4.78 is 6.04. The van der Waals surface area contributed by atoms with E-state index in [4.69, 9.17) is 16.3 Å². The van der Waals surface area contributed by atoms with Gasteiger partial charge in [0, 0.05) is 17.6 Å². The third-order valence-electron chi connectivity index (χ3n) is 6.78. The number of rotatable bonds is 7. The van der Waals surface area contributed by atoms with E-state index in [0.717, 1.165) is 12.2 Å². The Hall–Kier alpha value is -2.09. The number of thiophene rings is 1. The molecular formula is C24H28ClN3O3S. The van der Waals surface area contributed by atoms with Crippen LogP contribution >= 0.6 is 22.9 Å². The van der Waals surface area contributed by atoms with Crippen LogP contribution in [0.3, 0.4) is 0 Å². The molecule has 2 aliphatic heterocycles. The van der Waals surface area contributed by atoms with Crippen molar-refractivity contribution in [2.45, 2.75) is 43.6 Å². The molecule has 0 spiro atoms. The number of nitrogens with one attached hydrogen (secondary N) is 1.